The predicted octanol–water partition coefficient (Wildman–Crippen LogP) is 3.00. The molecule has 2 aliphatic heterocycles. The van der Waals surface area contributed by atoms with Gasteiger partial charge in [0.2, 0.25) is 0 Å². The molecule has 2 saturated heterocycles. The van der Waals surface area contributed by atoms with Crippen molar-refractivity contribution >= 4 is 0 Å². The third-order valence-corrected chi connectivity index (χ3v) is 6.24. The van der Waals surface area contributed by atoms with Crippen LogP contribution in [0.15, 0.2) is 36.7 Å². The van der Waals surface area contributed by atoms with E-state index in [-0.39, 0.29) is 5.82 Å². The zero-order valence-electron chi connectivity index (χ0n) is 16.9. The molecule has 2 fully saturated rings. The number of piperazine rings is 1. The highest BCUT2D eigenvalue weighted by molar-refractivity contribution is 5.31. The van der Waals surface area contributed by atoms with Crippen LogP contribution in [0.25, 0.3) is 5.69 Å². The van der Waals surface area contributed by atoms with Crippen LogP contribution in [0.3, 0.4) is 0 Å². The highest BCUT2D eigenvalue weighted by Crippen LogP contribution is 2.23. The molecule has 3 heterocycles. The fourth-order valence-electron chi connectivity index (χ4n) is 4.41. The van der Waals surface area contributed by atoms with Crippen molar-refractivity contribution in [2.45, 2.75) is 38.3 Å². The van der Waals surface area contributed by atoms with Crippen LogP contribution in [0.4, 0.5) is 4.39 Å². The molecule has 2 aliphatic rings. The van der Waals surface area contributed by atoms with Gasteiger partial charge in [-0.1, -0.05) is 6.42 Å². The van der Waals surface area contributed by atoms with Crippen molar-refractivity contribution in [3.8, 4) is 5.69 Å². The molecule has 5 nitrogen and oxygen atoms in total. The van der Waals surface area contributed by atoms with Crippen molar-refractivity contribution < 1.29 is 4.39 Å². The summed E-state index contributed by atoms with van der Waals surface area (Å²) in [4.78, 5) is 7.69. The lowest BCUT2D eigenvalue weighted by Gasteiger charge is -2.38. The van der Waals surface area contributed by atoms with Crippen LogP contribution in [0.1, 0.15) is 31.2 Å². The lowest BCUT2D eigenvalue weighted by atomic mass is 9.98. The fraction of sp³-hybridized carbons (Fsp3) is 0.591. The van der Waals surface area contributed by atoms with E-state index in [0.29, 0.717) is 6.04 Å². The molecular weight excluding hydrogens is 353 g/mol. The number of likely N-dealkylation sites (N-methyl/N-ethyl adjacent to an activating group) is 1. The van der Waals surface area contributed by atoms with Crippen molar-refractivity contribution in [1.29, 1.82) is 0 Å². The Morgan fingerprint density at radius 2 is 1.82 bits per heavy atom. The standard InChI is InChI=1S/C22H32FN5/c1-25-12-14-26(15-13-25)11-9-21-4-2-3-10-27(21)17-19-16-24-28(18-19)22-7-5-20(23)6-8-22/h5-8,16,18,21H,2-4,9-15,17H2,1H3/t21-/m0/s1. The molecular formula is C22H32FN5. The van der Waals surface area contributed by atoms with Gasteiger partial charge in [-0.25, -0.2) is 9.07 Å². The summed E-state index contributed by atoms with van der Waals surface area (Å²) in [6.45, 7) is 8.13. The molecule has 0 amide bonds. The molecule has 2 aromatic rings. The zero-order valence-corrected chi connectivity index (χ0v) is 16.9. The number of benzene rings is 1. The maximum absolute atomic E-state index is 13.1. The summed E-state index contributed by atoms with van der Waals surface area (Å²) in [6, 6.07) is 7.17. The topological polar surface area (TPSA) is 27.5 Å². The number of nitrogens with zero attached hydrogens (tertiary/aromatic N) is 5. The molecule has 0 bridgehead atoms. The van der Waals surface area contributed by atoms with Crippen LogP contribution in [0, 0.1) is 5.82 Å². The molecule has 0 unspecified atom stereocenters. The first-order valence-corrected chi connectivity index (χ1v) is 10.6. The van der Waals surface area contributed by atoms with Crippen LogP contribution in [-0.4, -0.2) is 76.8 Å². The van der Waals surface area contributed by atoms with Gasteiger partial charge < -0.3 is 9.80 Å². The van der Waals surface area contributed by atoms with Gasteiger partial charge >= 0.3 is 0 Å². The average Bonchev–Trinajstić information content (AvgIpc) is 3.18. The van der Waals surface area contributed by atoms with Gasteiger partial charge in [-0.2, -0.15) is 5.10 Å². The first-order chi connectivity index (χ1) is 13.7. The first kappa shape index (κ1) is 19.6. The van der Waals surface area contributed by atoms with Gasteiger partial charge in [0.1, 0.15) is 5.82 Å². The van der Waals surface area contributed by atoms with Crippen molar-refractivity contribution in [2.75, 3.05) is 46.3 Å². The second-order valence-corrected chi connectivity index (χ2v) is 8.32. The van der Waals surface area contributed by atoms with Crippen LogP contribution >= 0.6 is 0 Å². The summed E-state index contributed by atoms with van der Waals surface area (Å²) in [5.74, 6) is -0.215. The van der Waals surface area contributed by atoms with Crippen LogP contribution in [0.5, 0.6) is 0 Å². The quantitative estimate of drug-likeness (QED) is 0.764. The maximum atomic E-state index is 13.1. The number of aromatic nitrogens is 2. The number of hydrogen-bond acceptors (Lipinski definition) is 4. The summed E-state index contributed by atoms with van der Waals surface area (Å²) >= 11 is 0. The number of rotatable bonds is 6. The van der Waals surface area contributed by atoms with Crippen molar-refractivity contribution in [3.63, 3.8) is 0 Å². The average molecular weight is 386 g/mol. The highest BCUT2D eigenvalue weighted by atomic mass is 19.1. The largest absolute Gasteiger partial charge is 0.304 e. The van der Waals surface area contributed by atoms with E-state index in [1.54, 1.807) is 12.1 Å². The second-order valence-electron chi connectivity index (χ2n) is 8.32. The number of piperidine rings is 1. The Morgan fingerprint density at radius 1 is 1.04 bits per heavy atom. The third kappa shape index (κ3) is 4.99. The minimum absolute atomic E-state index is 0.215. The molecule has 1 atom stereocenters. The molecule has 4 rings (SSSR count). The van der Waals surface area contributed by atoms with Gasteiger partial charge in [0.15, 0.2) is 0 Å². The Kier molecular flexibility index (Phi) is 6.40. The van der Waals surface area contributed by atoms with Crippen LogP contribution in [-0.2, 0) is 6.54 Å². The van der Waals surface area contributed by atoms with E-state index in [9.17, 15) is 4.39 Å². The third-order valence-electron chi connectivity index (χ3n) is 6.24. The van der Waals surface area contributed by atoms with E-state index >= 15 is 0 Å². The van der Waals surface area contributed by atoms with E-state index in [1.165, 1.54) is 82.6 Å². The molecule has 1 aromatic carbocycles. The molecule has 1 aromatic heterocycles. The summed E-state index contributed by atoms with van der Waals surface area (Å²) < 4.78 is 15.0. The molecule has 0 N–H and O–H groups in total. The van der Waals surface area contributed by atoms with Gasteiger partial charge in [0.25, 0.3) is 0 Å². The van der Waals surface area contributed by atoms with Gasteiger partial charge in [-0.15, -0.1) is 0 Å². The molecule has 0 radical (unpaired) electrons. The summed E-state index contributed by atoms with van der Waals surface area (Å²) in [7, 11) is 2.21. The van der Waals surface area contributed by atoms with Crippen molar-refractivity contribution in [3.05, 3.63) is 48.0 Å². The van der Waals surface area contributed by atoms with Crippen LogP contribution in [0.2, 0.25) is 0 Å². The molecule has 0 spiro atoms. The maximum Gasteiger partial charge on any atom is 0.123 e. The van der Waals surface area contributed by atoms with E-state index in [1.807, 2.05) is 10.9 Å². The SMILES string of the molecule is CN1CCN(CC[C@@H]2CCCCN2Cc2cnn(-c3ccc(F)cc3)c2)CC1. The normalized spacial score (nSPS) is 22.6. The first-order valence-electron chi connectivity index (χ1n) is 10.6. The fourth-order valence-corrected chi connectivity index (χ4v) is 4.41. The monoisotopic (exact) mass is 385 g/mol. The Bertz CT molecular complexity index is 736. The van der Waals surface area contributed by atoms with Crippen LogP contribution < -0.4 is 0 Å². The minimum atomic E-state index is -0.215. The van der Waals surface area contributed by atoms with Gasteiger partial charge in [-0.05, 0) is 63.7 Å². The smallest absolute Gasteiger partial charge is 0.123 e. The summed E-state index contributed by atoms with van der Waals surface area (Å²) in [5, 5.41) is 4.49. The summed E-state index contributed by atoms with van der Waals surface area (Å²) in [6.07, 6.45) is 9.24. The van der Waals surface area contributed by atoms with E-state index in [2.05, 4.69) is 33.0 Å². The summed E-state index contributed by atoms with van der Waals surface area (Å²) in [5.41, 5.74) is 2.13. The molecule has 28 heavy (non-hydrogen) atoms. The second kappa shape index (κ2) is 9.16. The molecule has 6 heteroatoms. The Morgan fingerprint density at radius 3 is 2.61 bits per heavy atom. The lowest BCUT2D eigenvalue weighted by molar-refractivity contribution is 0.102. The Labute approximate surface area is 167 Å². The number of likely N-dealkylation sites (tertiary alicyclic amines) is 1. The number of halogens is 1. The zero-order chi connectivity index (χ0) is 19.3. The van der Waals surface area contributed by atoms with Gasteiger partial charge in [0, 0.05) is 50.5 Å². The Hall–Kier alpha value is -1.76. The predicted molar refractivity (Wildman–Crippen MR) is 110 cm³/mol. The number of hydrogen-bond donors (Lipinski definition) is 0. The van der Waals surface area contributed by atoms with Gasteiger partial charge in [-0.3, -0.25) is 4.90 Å². The molecule has 0 aliphatic carbocycles. The van der Waals surface area contributed by atoms with E-state index in [4.69, 9.17) is 0 Å². The minimum Gasteiger partial charge on any atom is -0.304 e. The molecule has 152 valence electrons. The lowest BCUT2D eigenvalue weighted by Crippen LogP contribution is -2.47. The van der Waals surface area contributed by atoms with E-state index < -0.39 is 0 Å². The van der Waals surface area contributed by atoms with E-state index in [0.717, 1.165) is 12.2 Å². The van der Waals surface area contributed by atoms with Gasteiger partial charge in [0.05, 0.1) is 11.9 Å². The molecule has 0 saturated carbocycles. The Balaban J connectivity index is 1.34. The highest BCUT2D eigenvalue weighted by Gasteiger charge is 2.24. The van der Waals surface area contributed by atoms with Crippen molar-refractivity contribution in [2.24, 2.45) is 0 Å². The van der Waals surface area contributed by atoms with Crippen molar-refractivity contribution in [1.82, 2.24) is 24.5 Å².